The summed E-state index contributed by atoms with van der Waals surface area (Å²) in [4.78, 5) is 16.4. The van der Waals surface area contributed by atoms with Gasteiger partial charge in [-0.15, -0.1) is 11.3 Å². The van der Waals surface area contributed by atoms with Gasteiger partial charge in [0.25, 0.3) is 0 Å². The number of hydrogen-bond donors (Lipinski definition) is 2. The van der Waals surface area contributed by atoms with Crippen molar-refractivity contribution in [2.75, 3.05) is 6.54 Å². The summed E-state index contributed by atoms with van der Waals surface area (Å²) in [6.07, 6.45) is 0. The number of carbonyl (C=O) groups is 1. The number of nitrogens with one attached hydrogen (secondary N) is 1. The minimum Gasteiger partial charge on any atom is -0.347 e. The highest BCUT2D eigenvalue weighted by Gasteiger charge is 2.17. The lowest BCUT2D eigenvalue weighted by Gasteiger charge is -2.14. The fourth-order valence-electron chi connectivity index (χ4n) is 1.75. The van der Waals surface area contributed by atoms with Crippen LogP contribution in [0.1, 0.15) is 24.9 Å². The second kappa shape index (κ2) is 6.63. The SMILES string of the molecule is CC(CN)C(=O)NC(C)c1nc(-c2ccccc2)cs1. The predicted molar refractivity (Wildman–Crippen MR) is 82.3 cm³/mol. The maximum absolute atomic E-state index is 11.8. The zero-order valence-corrected chi connectivity index (χ0v) is 12.5. The van der Waals surface area contributed by atoms with Crippen molar-refractivity contribution < 1.29 is 4.79 Å². The quantitative estimate of drug-likeness (QED) is 0.889. The highest BCUT2D eigenvalue weighted by atomic mass is 32.1. The highest BCUT2D eigenvalue weighted by Crippen LogP contribution is 2.25. The first-order chi connectivity index (χ1) is 9.61. The number of amides is 1. The molecule has 2 aromatic rings. The lowest BCUT2D eigenvalue weighted by molar-refractivity contribution is -0.124. The summed E-state index contributed by atoms with van der Waals surface area (Å²) in [7, 11) is 0. The number of carbonyl (C=O) groups excluding carboxylic acids is 1. The van der Waals surface area contributed by atoms with Crippen LogP contribution in [0.15, 0.2) is 35.7 Å². The molecular weight excluding hydrogens is 270 g/mol. The van der Waals surface area contributed by atoms with Crippen molar-refractivity contribution in [2.45, 2.75) is 19.9 Å². The molecule has 0 aliphatic carbocycles. The van der Waals surface area contributed by atoms with E-state index < -0.39 is 0 Å². The molecular formula is C15H19N3OS. The predicted octanol–water partition coefficient (Wildman–Crippen LogP) is 2.58. The summed E-state index contributed by atoms with van der Waals surface area (Å²) in [6, 6.07) is 9.91. The Balaban J connectivity index is 2.07. The van der Waals surface area contributed by atoms with E-state index >= 15 is 0 Å². The van der Waals surface area contributed by atoms with Crippen LogP contribution in [0, 0.1) is 5.92 Å². The molecule has 0 spiro atoms. The normalized spacial score (nSPS) is 13.8. The fraction of sp³-hybridized carbons (Fsp3) is 0.333. The molecule has 0 radical (unpaired) electrons. The maximum atomic E-state index is 11.8. The Hall–Kier alpha value is -1.72. The number of aromatic nitrogens is 1. The molecule has 1 heterocycles. The summed E-state index contributed by atoms with van der Waals surface area (Å²) in [6.45, 7) is 4.11. The van der Waals surface area contributed by atoms with Gasteiger partial charge in [0.05, 0.1) is 11.7 Å². The molecule has 3 N–H and O–H groups in total. The molecule has 0 aliphatic rings. The third kappa shape index (κ3) is 3.43. The van der Waals surface area contributed by atoms with Crippen LogP contribution < -0.4 is 11.1 Å². The van der Waals surface area contributed by atoms with E-state index in [0.29, 0.717) is 6.54 Å². The summed E-state index contributed by atoms with van der Waals surface area (Å²) >= 11 is 1.56. The molecule has 1 amide bonds. The Morgan fingerprint density at radius 3 is 2.70 bits per heavy atom. The van der Waals surface area contributed by atoms with E-state index in [4.69, 9.17) is 5.73 Å². The van der Waals surface area contributed by atoms with Gasteiger partial charge >= 0.3 is 0 Å². The molecule has 106 valence electrons. The van der Waals surface area contributed by atoms with Gasteiger partial charge in [0.15, 0.2) is 0 Å². The van der Waals surface area contributed by atoms with Crippen LogP contribution in [-0.2, 0) is 4.79 Å². The molecule has 2 atom stereocenters. The minimum atomic E-state index is -0.175. The van der Waals surface area contributed by atoms with Crippen LogP contribution in [0.5, 0.6) is 0 Å². The van der Waals surface area contributed by atoms with Crippen molar-refractivity contribution in [2.24, 2.45) is 11.7 Å². The van der Waals surface area contributed by atoms with E-state index in [1.807, 2.05) is 49.6 Å². The molecule has 20 heavy (non-hydrogen) atoms. The van der Waals surface area contributed by atoms with E-state index in [9.17, 15) is 4.79 Å². The van der Waals surface area contributed by atoms with Crippen LogP contribution in [0.25, 0.3) is 11.3 Å². The van der Waals surface area contributed by atoms with Crippen molar-refractivity contribution in [3.05, 3.63) is 40.7 Å². The number of hydrogen-bond acceptors (Lipinski definition) is 4. The largest absolute Gasteiger partial charge is 0.347 e. The number of rotatable bonds is 5. The first-order valence-corrected chi connectivity index (χ1v) is 7.51. The molecule has 2 unspecified atom stereocenters. The minimum absolute atomic E-state index is 0.0311. The van der Waals surface area contributed by atoms with Gasteiger partial charge in [0.1, 0.15) is 5.01 Å². The molecule has 1 aromatic heterocycles. The van der Waals surface area contributed by atoms with E-state index in [2.05, 4.69) is 10.3 Å². The first kappa shape index (κ1) is 14.7. The molecule has 0 aliphatic heterocycles. The lowest BCUT2D eigenvalue weighted by atomic mass is 10.1. The summed E-state index contributed by atoms with van der Waals surface area (Å²) < 4.78 is 0. The number of thiazole rings is 1. The molecule has 1 aromatic carbocycles. The van der Waals surface area contributed by atoms with Crippen LogP contribution in [0.2, 0.25) is 0 Å². The Bertz CT molecular complexity index is 568. The molecule has 0 saturated heterocycles. The molecule has 0 fully saturated rings. The monoisotopic (exact) mass is 289 g/mol. The van der Waals surface area contributed by atoms with Crippen LogP contribution in [0.3, 0.4) is 0 Å². The summed E-state index contributed by atoms with van der Waals surface area (Å²) in [5.74, 6) is -0.206. The van der Waals surface area contributed by atoms with Crippen LogP contribution in [0.4, 0.5) is 0 Å². The number of nitrogens with two attached hydrogens (primary N) is 1. The van der Waals surface area contributed by atoms with Crippen LogP contribution in [-0.4, -0.2) is 17.4 Å². The maximum Gasteiger partial charge on any atom is 0.224 e. The third-order valence-electron chi connectivity index (χ3n) is 3.12. The summed E-state index contributed by atoms with van der Waals surface area (Å²) in [5.41, 5.74) is 7.52. The van der Waals surface area contributed by atoms with Gasteiger partial charge in [-0.05, 0) is 6.92 Å². The molecule has 5 heteroatoms. The van der Waals surface area contributed by atoms with Crippen molar-refractivity contribution in [1.82, 2.24) is 10.3 Å². The molecule has 2 rings (SSSR count). The topological polar surface area (TPSA) is 68.0 Å². The van der Waals surface area contributed by atoms with Crippen molar-refractivity contribution >= 4 is 17.2 Å². The fourth-order valence-corrected chi connectivity index (χ4v) is 2.59. The van der Waals surface area contributed by atoms with Gasteiger partial charge in [-0.3, -0.25) is 4.79 Å². The third-order valence-corrected chi connectivity index (χ3v) is 4.15. The van der Waals surface area contributed by atoms with Gasteiger partial charge < -0.3 is 11.1 Å². The van der Waals surface area contributed by atoms with Gasteiger partial charge in [-0.1, -0.05) is 37.3 Å². The van der Waals surface area contributed by atoms with E-state index in [-0.39, 0.29) is 17.9 Å². The van der Waals surface area contributed by atoms with Gasteiger partial charge in [-0.2, -0.15) is 0 Å². The van der Waals surface area contributed by atoms with Crippen molar-refractivity contribution in [3.63, 3.8) is 0 Å². The molecule has 0 bridgehead atoms. The Labute approximate surface area is 123 Å². The first-order valence-electron chi connectivity index (χ1n) is 6.63. The second-order valence-electron chi connectivity index (χ2n) is 4.80. The van der Waals surface area contributed by atoms with Gasteiger partial charge in [0.2, 0.25) is 5.91 Å². The standard InChI is InChI=1S/C15H19N3OS/c1-10(8-16)14(19)17-11(2)15-18-13(9-20-15)12-6-4-3-5-7-12/h3-7,9-11H,8,16H2,1-2H3,(H,17,19). The van der Waals surface area contributed by atoms with Crippen molar-refractivity contribution in [3.8, 4) is 11.3 Å². The lowest BCUT2D eigenvalue weighted by Crippen LogP contribution is -2.34. The van der Waals surface area contributed by atoms with Crippen LogP contribution >= 0.6 is 11.3 Å². The van der Waals surface area contributed by atoms with Gasteiger partial charge in [-0.25, -0.2) is 4.98 Å². The molecule has 0 saturated carbocycles. The highest BCUT2D eigenvalue weighted by molar-refractivity contribution is 7.10. The molecule has 4 nitrogen and oxygen atoms in total. The van der Waals surface area contributed by atoms with Crippen molar-refractivity contribution in [1.29, 1.82) is 0 Å². The Morgan fingerprint density at radius 2 is 2.05 bits per heavy atom. The smallest absolute Gasteiger partial charge is 0.224 e. The van der Waals surface area contributed by atoms with E-state index in [1.54, 1.807) is 11.3 Å². The summed E-state index contributed by atoms with van der Waals surface area (Å²) in [5, 5.41) is 5.86. The Morgan fingerprint density at radius 1 is 1.35 bits per heavy atom. The van der Waals surface area contributed by atoms with E-state index in [1.165, 1.54) is 0 Å². The zero-order chi connectivity index (χ0) is 14.5. The van der Waals surface area contributed by atoms with E-state index in [0.717, 1.165) is 16.3 Å². The second-order valence-corrected chi connectivity index (χ2v) is 5.69. The number of nitrogens with zero attached hydrogens (tertiary/aromatic N) is 1. The van der Waals surface area contributed by atoms with Gasteiger partial charge in [0, 0.05) is 23.4 Å². The average molecular weight is 289 g/mol. The Kier molecular flexibility index (Phi) is 4.87. The zero-order valence-electron chi connectivity index (χ0n) is 11.7. The average Bonchev–Trinajstić information content (AvgIpc) is 2.97. The number of benzene rings is 1.